The largest absolute Gasteiger partial charge is 0.410 e. The molecule has 14 heavy (non-hydrogen) atoms. The average molecular weight is 207 g/mol. The van der Waals surface area contributed by atoms with E-state index < -0.39 is 12.2 Å². The number of nitrogens with zero attached hydrogens (tertiary/aromatic N) is 2. The second-order valence-electron chi connectivity index (χ2n) is 3.07. The second-order valence-corrected chi connectivity index (χ2v) is 3.07. The molecule has 80 valence electrons. The molecule has 1 unspecified atom stereocenters. The van der Waals surface area contributed by atoms with Gasteiger partial charge in [0.1, 0.15) is 6.04 Å². The summed E-state index contributed by atoms with van der Waals surface area (Å²) in [7, 11) is 0. The molecule has 0 bridgehead atoms. The number of aryl methyl sites for hydroxylation is 1. The van der Waals surface area contributed by atoms with Crippen LogP contribution in [-0.4, -0.2) is 22.5 Å². The number of aromatic nitrogens is 2. The van der Waals surface area contributed by atoms with E-state index in [1.807, 2.05) is 0 Å². The predicted molar refractivity (Wildman–Crippen MR) is 45.7 cm³/mol. The Balaban J connectivity index is 2.88. The third kappa shape index (κ3) is 2.47. The molecule has 0 aliphatic carbocycles. The number of hydrogen-bond donors (Lipinski definition) is 1. The lowest BCUT2D eigenvalue weighted by atomic mass is 10.2. The summed E-state index contributed by atoms with van der Waals surface area (Å²) in [6.45, 7) is 1.63. The zero-order chi connectivity index (χ0) is 10.8. The van der Waals surface area contributed by atoms with Gasteiger partial charge in [0.05, 0.1) is 5.69 Å². The highest BCUT2D eigenvalue weighted by Crippen LogP contribution is 2.32. The van der Waals surface area contributed by atoms with Crippen molar-refractivity contribution in [3.63, 3.8) is 0 Å². The Morgan fingerprint density at radius 2 is 2.21 bits per heavy atom. The second kappa shape index (κ2) is 4.00. The highest BCUT2D eigenvalue weighted by molar-refractivity contribution is 4.97. The monoisotopic (exact) mass is 207 g/mol. The molecule has 0 fully saturated rings. The van der Waals surface area contributed by atoms with E-state index >= 15 is 0 Å². The van der Waals surface area contributed by atoms with Gasteiger partial charge in [-0.25, -0.2) is 0 Å². The van der Waals surface area contributed by atoms with Gasteiger partial charge in [0.2, 0.25) is 0 Å². The van der Waals surface area contributed by atoms with Gasteiger partial charge in [0, 0.05) is 6.20 Å². The van der Waals surface area contributed by atoms with Crippen LogP contribution in [0.15, 0.2) is 12.3 Å². The Bertz CT molecular complexity index is 292. The molecule has 3 nitrogen and oxygen atoms in total. The van der Waals surface area contributed by atoms with Gasteiger partial charge < -0.3 is 5.73 Å². The van der Waals surface area contributed by atoms with E-state index in [2.05, 4.69) is 5.10 Å². The summed E-state index contributed by atoms with van der Waals surface area (Å²) >= 11 is 0. The minimum atomic E-state index is -4.29. The van der Waals surface area contributed by atoms with E-state index in [9.17, 15) is 13.2 Å². The van der Waals surface area contributed by atoms with Gasteiger partial charge in [-0.05, 0) is 26.0 Å². The maximum absolute atomic E-state index is 12.5. The first-order chi connectivity index (χ1) is 6.45. The first kappa shape index (κ1) is 11.0. The Morgan fingerprint density at radius 1 is 1.57 bits per heavy atom. The molecular formula is C8H12F3N3. The van der Waals surface area contributed by atoms with Crippen LogP contribution in [0.5, 0.6) is 0 Å². The predicted octanol–water partition coefficient (Wildman–Crippen LogP) is 1.64. The van der Waals surface area contributed by atoms with E-state index in [-0.39, 0.29) is 13.0 Å². The molecule has 0 amide bonds. The van der Waals surface area contributed by atoms with E-state index in [0.29, 0.717) is 5.69 Å². The lowest BCUT2D eigenvalue weighted by Gasteiger charge is -2.19. The number of hydrogen-bond acceptors (Lipinski definition) is 2. The topological polar surface area (TPSA) is 43.8 Å². The molecule has 0 aliphatic heterocycles. The first-order valence-corrected chi connectivity index (χ1v) is 4.23. The van der Waals surface area contributed by atoms with E-state index in [4.69, 9.17) is 5.73 Å². The molecule has 0 saturated heterocycles. The fourth-order valence-electron chi connectivity index (χ4n) is 1.21. The van der Waals surface area contributed by atoms with E-state index in [1.54, 1.807) is 6.92 Å². The van der Waals surface area contributed by atoms with Crippen molar-refractivity contribution in [1.82, 2.24) is 9.78 Å². The average Bonchev–Trinajstić information content (AvgIpc) is 2.45. The number of alkyl halides is 3. The number of nitrogens with two attached hydrogens (primary N) is 1. The van der Waals surface area contributed by atoms with Crippen molar-refractivity contribution in [2.24, 2.45) is 5.73 Å². The third-order valence-electron chi connectivity index (χ3n) is 1.88. The van der Waals surface area contributed by atoms with Crippen LogP contribution in [0.2, 0.25) is 0 Å². The highest BCUT2D eigenvalue weighted by Gasteiger charge is 2.40. The van der Waals surface area contributed by atoms with E-state index in [1.165, 1.54) is 12.3 Å². The molecular weight excluding hydrogens is 195 g/mol. The highest BCUT2D eigenvalue weighted by atomic mass is 19.4. The normalized spacial score (nSPS) is 14.4. The summed E-state index contributed by atoms with van der Waals surface area (Å²) in [6.07, 6.45) is -3.12. The van der Waals surface area contributed by atoms with Crippen LogP contribution >= 0.6 is 0 Å². The van der Waals surface area contributed by atoms with Crippen LogP contribution < -0.4 is 5.73 Å². The van der Waals surface area contributed by atoms with Crippen molar-refractivity contribution < 1.29 is 13.2 Å². The summed E-state index contributed by atoms with van der Waals surface area (Å²) < 4.78 is 38.4. The van der Waals surface area contributed by atoms with Gasteiger partial charge in [0.15, 0.2) is 0 Å². The molecule has 0 saturated carbocycles. The number of halogens is 3. The maximum atomic E-state index is 12.5. The van der Waals surface area contributed by atoms with E-state index in [0.717, 1.165) is 4.68 Å². The molecule has 1 heterocycles. The molecule has 0 spiro atoms. The van der Waals surface area contributed by atoms with Gasteiger partial charge in [-0.2, -0.15) is 18.3 Å². The molecule has 1 aromatic rings. The minimum absolute atomic E-state index is 0.0108. The Morgan fingerprint density at radius 3 is 2.57 bits per heavy atom. The van der Waals surface area contributed by atoms with Gasteiger partial charge in [0.25, 0.3) is 0 Å². The molecule has 1 rings (SSSR count). The van der Waals surface area contributed by atoms with Crippen LogP contribution in [0.4, 0.5) is 13.2 Å². The standard InChI is InChI=1S/C8H12F3N3/c1-6-3-5-14(13-6)7(2-4-12)8(9,10)11/h3,5,7H,2,4,12H2,1H3. The quantitative estimate of drug-likeness (QED) is 0.818. The lowest BCUT2D eigenvalue weighted by Crippen LogP contribution is -2.29. The number of rotatable bonds is 3. The molecule has 1 aromatic heterocycles. The summed E-state index contributed by atoms with van der Waals surface area (Å²) in [5.74, 6) is 0. The zero-order valence-electron chi connectivity index (χ0n) is 7.75. The fraction of sp³-hybridized carbons (Fsp3) is 0.625. The Labute approximate surface area is 79.7 Å². The summed E-state index contributed by atoms with van der Waals surface area (Å²) in [4.78, 5) is 0. The van der Waals surface area contributed by atoms with Gasteiger partial charge >= 0.3 is 6.18 Å². The van der Waals surface area contributed by atoms with Crippen molar-refractivity contribution in [2.75, 3.05) is 6.54 Å². The van der Waals surface area contributed by atoms with Crippen LogP contribution in [0.25, 0.3) is 0 Å². The summed E-state index contributed by atoms with van der Waals surface area (Å²) in [6, 6.07) is -0.0730. The summed E-state index contributed by atoms with van der Waals surface area (Å²) in [5, 5.41) is 3.74. The lowest BCUT2D eigenvalue weighted by molar-refractivity contribution is -0.171. The minimum Gasteiger partial charge on any atom is -0.330 e. The third-order valence-corrected chi connectivity index (χ3v) is 1.88. The SMILES string of the molecule is Cc1ccn(C(CCN)C(F)(F)F)n1. The first-order valence-electron chi connectivity index (χ1n) is 4.23. The van der Waals surface area contributed by atoms with Gasteiger partial charge in [-0.1, -0.05) is 0 Å². The smallest absolute Gasteiger partial charge is 0.330 e. The van der Waals surface area contributed by atoms with Crippen molar-refractivity contribution in [2.45, 2.75) is 25.6 Å². The maximum Gasteiger partial charge on any atom is 0.410 e. The van der Waals surface area contributed by atoms with Crippen LogP contribution in [0.3, 0.4) is 0 Å². The van der Waals surface area contributed by atoms with Crippen molar-refractivity contribution in [3.8, 4) is 0 Å². The zero-order valence-corrected chi connectivity index (χ0v) is 7.75. The Hall–Kier alpha value is -1.04. The van der Waals surface area contributed by atoms with Crippen molar-refractivity contribution in [1.29, 1.82) is 0 Å². The van der Waals surface area contributed by atoms with Crippen LogP contribution in [0, 0.1) is 6.92 Å². The van der Waals surface area contributed by atoms with Crippen LogP contribution in [0.1, 0.15) is 18.2 Å². The summed E-state index contributed by atoms with van der Waals surface area (Å²) in [5.41, 5.74) is 5.70. The van der Waals surface area contributed by atoms with Gasteiger partial charge in [-0.15, -0.1) is 0 Å². The van der Waals surface area contributed by atoms with Crippen LogP contribution in [-0.2, 0) is 0 Å². The van der Waals surface area contributed by atoms with Crippen molar-refractivity contribution in [3.05, 3.63) is 18.0 Å². The molecule has 0 aromatic carbocycles. The molecule has 2 N–H and O–H groups in total. The molecule has 6 heteroatoms. The fourth-order valence-corrected chi connectivity index (χ4v) is 1.21. The Kier molecular flexibility index (Phi) is 3.15. The molecule has 0 radical (unpaired) electrons. The van der Waals surface area contributed by atoms with Crippen molar-refractivity contribution >= 4 is 0 Å². The van der Waals surface area contributed by atoms with Gasteiger partial charge in [-0.3, -0.25) is 4.68 Å². The molecule has 0 aliphatic rings. The molecule has 1 atom stereocenters.